The lowest BCUT2D eigenvalue weighted by molar-refractivity contribution is 0.0874. The van der Waals surface area contributed by atoms with Gasteiger partial charge in [-0.25, -0.2) is 0 Å². The molecule has 0 heterocycles. The van der Waals surface area contributed by atoms with Crippen molar-refractivity contribution in [2.45, 2.75) is 20.0 Å². The van der Waals surface area contributed by atoms with Gasteiger partial charge in [0.2, 0.25) is 0 Å². The first-order valence-corrected chi connectivity index (χ1v) is 3.96. The molecule has 0 aromatic heterocycles. The maximum Gasteiger partial charge on any atom is 0.139 e. The first-order chi connectivity index (χ1) is 5.79. The van der Waals surface area contributed by atoms with E-state index in [-0.39, 0.29) is 6.10 Å². The maximum absolute atomic E-state index is 4.96. The summed E-state index contributed by atoms with van der Waals surface area (Å²) in [7, 11) is 0. The number of nitrogens with zero attached hydrogens (tertiary/aromatic N) is 1. The molecule has 0 spiro atoms. The van der Waals surface area contributed by atoms with Gasteiger partial charge in [0, 0.05) is 5.56 Å². The van der Waals surface area contributed by atoms with Crippen LogP contribution in [0.1, 0.15) is 19.4 Å². The van der Waals surface area contributed by atoms with Gasteiger partial charge in [0.1, 0.15) is 12.3 Å². The van der Waals surface area contributed by atoms with Gasteiger partial charge < -0.3 is 4.84 Å². The van der Waals surface area contributed by atoms with E-state index in [1.54, 1.807) is 0 Å². The number of rotatable bonds is 3. The van der Waals surface area contributed by atoms with Gasteiger partial charge in [0.15, 0.2) is 0 Å². The zero-order valence-corrected chi connectivity index (χ0v) is 7.32. The fourth-order valence-corrected chi connectivity index (χ4v) is 0.697. The fraction of sp³-hybridized carbons (Fsp3) is 0.300. The van der Waals surface area contributed by atoms with Crippen LogP contribution in [0, 0.1) is 0 Å². The molecule has 0 bridgehead atoms. The molecule has 1 radical (unpaired) electrons. The second kappa shape index (κ2) is 4.54. The van der Waals surface area contributed by atoms with Gasteiger partial charge in [0.05, 0.1) is 0 Å². The highest BCUT2D eigenvalue weighted by molar-refractivity contribution is 5.78. The van der Waals surface area contributed by atoms with Crippen LogP contribution in [0.15, 0.2) is 35.5 Å². The van der Waals surface area contributed by atoms with E-state index in [2.05, 4.69) is 11.4 Å². The molecule has 1 aromatic carbocycles. The van der Waals surface area contributed by atoms with Crippen molar-refractivity contribution in [1.29, 1.82) is 0 Å². The van der Waals surface area contributed by atoms with E-state index in [1.807, 2.05) is 44.2 Å². The Morgan fingerprint density at radius 2 is 1.92 bits per heavy atom. The Morgan fingerprint density at radius 3 is 2.50 bits per heavy atom. The van der Waals surface area contributed by atoms with Crippen molar-refractivity contribution in [3.8, 4) is 0 Å². The predicted molar refractivity (Wildman–Crippen MR) is 49.2 cm³/mol. The van der Waals surface area contributed by atoms with E-state index in [9.17, 15) is 0 Å². The van der Waals surface area contributed by atoms with Crippen molar-refractivity contribution in [2.75, 3.05) is 0 Å². The van der Waals surface area contributed by atoms with Gasteiger partial charge in [-0.05, 0) is 13.8 Å². The molecule has 0 amide bonds. The van der Waals surface area contributed by atoms with Crippen LogP contribution in [0.4, 0.5) is 0 Å². The Bertz CT molecular complexity index is 241. The van der Waals surface area contributed by atoms with Gasteiger partial charge in [-0.15, -0.1) is 0 Å². The van der Waals surface area contributed by atoms with Crippen LogP contribution < -0.4 is 0 Å². The molecule has 2 nitrogen and oxygen atoms in total. The standard InChI is InChI=1S/C10H12NO/c1-9(2)12-11-8-10-6-4-3-5-7-10/h3-7,9H,1-2H3. The minimum absolute atomic E-state index is 0.112. The highest BCUT2D eigenvalue weighted by Gasteiger charge is 1.88. The predicted octanol–water partition coefficient (Wildman–Crippen LogP) is 2.32. The summed E-state index contributed by atoms with van der Waals surface area (Å²) in [6.45, 7) is 3.85. The van der Waals surface area contributed by atoms with Crippen molar-refractivity contribution in [2.24, 2.45) is 5.16 Å². The van der Waals surface area contributed by atoms with Crippen molar-refractivity contribution >= 4 is 6.21 Å². The number of hydrogen-bond acceptors (Lipinski definition) is 2. The fourth-order valence-electron chi connectivity index (χ4n) is 0.697. The third-order valence-corrected chi connectivity index (χ3v) is 1.21. The molecule has 0 saturated carbocycles. The van der Waals surface area contributed by atoms with E-state index >= 15 is 0 Å². The molecule has 0 aliphatic carbocycles. The lowest BCUT2D eigenvalue weighted by Crippen LogP contribution is -1.95. The molecule has 12 heavy (non-hydrogen) atoms. The van der Waals surface area contributed by atoms with Gasteiger partial charge >= 0.3 is 0 Å². The summed E-state index contributed by atoms with van der Waals surface area (Å²) in [5.74, 6) is 0. The number of hydrogen-bond donors (Lipinski definition) is 0. The summed E-state index contributed by atoms with van der Waals surface area (Å²) >= 11 is 0. The van der Waals surface area contributed by atoms with Crippen LogP contribution in [-0.4, -0.2) is 12.3 Å². The van der Waals surface area contributed by atoms with Crippen LogP contribution in [-0.2, 0) is 4.84 Å². The molecule has 0 aliphatic heterocycles. The first kappa shape index (κ1) is 8.78. The Balaban J connectivity index is 2.47. The molecule has 0 atom stereocenters. The van der Waals surface area contributed by atoms with Crippen molar-refractivity contribution < 1.29 is 4.84 Å². The third-order valence-electron chi connectivity index (χ3n) is 1.21. The molecule has 0 unspecified atom stereocenters. The van der Waals surface area contributed by atoms with Crippen LogP contribution >= 0.6 is 0 Å². The second-order valence-electron chi connectivity index (χ2n) is 2.72. The Morgan fingerprint density at radius 1 is 1.25 bits per heavy atom. The minimum atomic E-state index is 0.112. The smallest absolute Gasteiger partial charge is 0.139 e. The van der Waals surface area contributed by atoms with Crippen molar-refractivity contribution in [1.82, 2.24) is 0 Å². The maximum atomic E-state index is 4.96. The van der Waals surface area contributed by atoms with Crippen LogP contribution in [0.2, 0.25) is 0 Å². The highest BCUT2D eigenvalue weighted by atomic mass is 16.6. The molecule has 1 aromatic rings. The van der Waals surface area contributed by atoms with Crippen LogP contribution in [0.25, 0.3) is 0 Å². The summed E-state index contributed by atoms with van der Waals surface area (Å²) in [6, 6.07) is 9.68. The molecule has 0 N–H and O–H groups in total. The highest BCUT2D eigenvalue weighted by Crippen LogP contribution is 1.95. The topological polar surface area (TPSA) is 21.6 Å². The van der Waals surface area contributed by atoms with E-state index < -0.39 is 0 Å². The van der Waals surface area contributed by atoms with Crippen LogP contribution in [0.5, 0.6) is 0 Å². The van der Waals surface area contributed by atoms with E-state index in [0.29, 0.717) is 0 Å². The third kappa shape index (κ3) is 3.19. The summed E-state index contributed by atoms with van der Waals surface area (Å²) in [4.78, 5) is 4.96. The molecular weight excluding hydrogens is 150 g/mol. The van der Waals surface area contributed by atoms with Gasteiger partial charge in [-0.2, -0.15) is 0 Å². The van der Waals surface area contributed by atoms with E-state index in [0.717, 1.165) is 5.56 Å². The van der Waals surface area contributed by atoms with Crippen molar-refractivity contribution in [3.63, 3.8) is 0 Å². The molecule has 1 rings (SSSR count). The monoisotopic (exact) mass is 162 g/mol. The van der Waals surface area contributed by atoms with Crippen LogP contribution in [0.3, 0.4) is 0 Å². The SMILES string of the molecule is CC(C)O/N=[C]/c1ccccc1. The van der Waals surface area contributed by atoms with Crippen molar-refractivity contribution in [3.05, 3.63) is 35.9 Å². The molecule has 0 saturated heterocycles. The average molecular weight is 162 g/mol. The van der Waals surface area contributed by atoms with Gasteiger partial charge in [0.25, 0.3) is 0 Å². The Kier molecular flexibility index (Phi) is 3.33. The molecule has 63 valence electrons. The normalized spacial score (nSPS) is 10.9. The largest absolute Gasteiger partial charge is 0.393 e. The number of benzene rings is 1. The molecule has 0 aliphatic rings. The zero-order chi connectivity index (χ0) is 8.81. The molecule has 0 fully saturated rings. The second-order valence-corrected chi connectivity index (χ2v) is 2.72. The summed E-state index contributed by atoms with van der Waals surface area (Å²) < 4.78 is 0. The molecular formula is C10H12NO. The van der Waals surface area contributed by atoms with E-state index in [1.165, 1.54) is 0 Å². The first-order valence-electron chi connectivity index (χ1n) is 3.96. The van der Waals surface area contributed by atoms with E-state index in [4.69, 9.17) is 4.84 Å². The van der Waals surface area contributed by atoms with Gasteiger partial charge in [-0.3, -0.25) is 0 Å². The summed E-state index contributed by atoms with van der Waals surface area (Å²) in [5.41, 5.74) is 0.929. The van der Waals surface area contributed by atoms with Gasteiger partial charge in [-0.1, -0.05) is 35.5 Å². The lowest BCUT2D eigenvalue weighted by atomic mass is 10.2. The Hall–Kier alpha value is -1.31. The minimum Gasteiger partial charge on any atom is -0.393 e. The Labute approximate surface area is 72.9 Å². The summed E-state index contributed by atoms with van der Waals surface area (Å²) in [5, 5.41) is 3.69. The summed E-state index contributed by atoms with van der Waals surface area (Å²) in [6.07, 6.45) is 2.89. The molecule has 2 heteroatoms. The average Bonchev–Trinajstić information content (AvgIpc) is 2.05. The quantitative estimate of drug-likeness (QED) is 0.493. The zero-order valence-electron chi connectivity index (χ0n) is 7.32. The lowest BCUT2D eigenvalue weighted by Gasteiger charge is -1.99.